The number of methoxy groups -OCH3 is 1. The first-order valence-corrected chi connectivity index (χ1v) is 6.11. The van der Waals surface area contributed by atoms with E-state index in [4.69, 9.17) is 10.5 Å². The molecule has 0 saturated heterocycles. The quantitative estimate of drug-likeness (QED) is 0.783. The molecule has 2 nitrogen and oxygen atoms in total. The van der Waals surface area contributed by atoms with Gasteiger partial charge in [0.15, 0.2) is 0 Å². The first-order chi connectivity index (χ1) is 7.17. The number of nitrogens with two attached hydrogens (primary N) is 1. The molecule has 0 aliphatic heterocycles. The zero-order chi connectivity index (χ0) is 11.3. The molecule has 0 amide bonds. The molecule has 0 saturated carbocycles. The van der Waals surface area contributed by atoms with E-state index in [1.807, 2.05) is 23.9 Å². The SMILES string of the molecule is CCC(N)C(C)Sc1ccc(OC)cc1. The molecule has 0 radical (unpaired) electrons. The van der Waals surface area contributed by atoms with E-state index in [1.54, 1.807) is 7.11 Å². The zero-order valence-electron chi connectivity index (χ0n) is 9.57. The van der Waals surface area contributed by atoms with Gasteiger partial charge in [-0.25, -0.2) is 0 Å². The first-order valence-electron chi connectivity index (χ1n) is 5.23. The summed E-state index contributed by atoms with van der Waals surface area (Å²) in [5.74, 6) is 0.895. The maximum Gasteiger partial charge on any atom is 0.118 e. The van der Waals surface area contributed by atoms with Gasteiger partial charge < -0.3 is 10.5 Å². The van der Waals surface area contributed by atoms with E-state index < -0.39 is 0 Å². The summed E-state index contributed by atoms with van der Waals surface area (Å²) < 4.78 is 5.11. The number of benzene rings is 1. The second kappa shape index (κ2) is 6.03. The van der Waals surface area contributed by atoms with Crippen molar-refractivity contribution in [2.75, 3.05) is 7.11 Å². The molecule has 0 aromatic heterocycles. The molecular formula is C12H19NOS. The van der Waals surface area contributed by atoms with Gasteiger partial charge in [-0.05, 0) is 30.7 Å². The predicted molar refractivity (Wildman–Crippen MR) is 66.6 cm³/mol. The van der Waals surface area contributed by atoms with Gasteiger partial charge in [-0.2, -0.15) is 0 Å². The smallest absolute Gasteiger partial charge is 0.118 e. The van der Waals surface area contributed by atoms with Crippen LogP contribution in [0.1, 0.15) is 20.3 Å². The highest BCUT2D eigenvalue weighted by Gasteiger charge is 2.11. The molecule has 2 unspecified atom stereocenters. The molecule has 1 aromatic rings. The zero-order valence-corrected chi connectivity index (χ0v) is 10.4. The molecule has 0 aliphatic rings. The minimum atomic E-state index is 0.261. The number of thioether (sulfide) groups is 1. The van der Waals surface area contributed by atoms with E-state index in [1.165, 1.54) is 4.90 Å². The lowest BCUT2D eigenvalue weighted by Gasteiger charge is -2.17. The molecule has 1 rings (SSSR count). The largest absolute Gasteiger partial charge is 0.497 e. The maximum atomic E-state index is 5.97. The van der Waals surface area contributed by atoms with Crippen molar-refractivity contribution in [3.63, 3.8) is 0 Å². The number of ether oxygens (including phenoxy) is 1. The molecule has 3 heteroatoms. The lowest BCUT2D eigenvalue weighted by Crippen LogP contribution is -2.29. The molecule has 84 valence electrons. The Hall–Kier alpha value is -0.670. The fraction of sp³-hybridized carbons (Fsp3) is 0.500. The highest BCUT2D eigenvalue weighted by molar-refractivity contribution is 8.00. The molecule has 15 heavy (non-hydrogen) atoms. The van der Waals surface area contributed by atoms with Crippen molar-refractivity contribution in [3.05, 3.63) is 24.3 Å². The van der Waals surface area contributed by atoms with Crippen LogP contribution in [0, 0.1) is 0 Å². The Kier molecular flexibility index (Phi) is 4.99. The van der Waals surface area contributed by atoms with E-state index >= 15 is 0 Å². The fourth-order valence-corrected chi connectivity index (χ4v) is 2.38. The van der Waals surface area contributed by atoms with Gasteiger partial charge in [0, 0.05) is 16.2 Å². The maximum absolute atomic E-state index is 5.97. The molecule has 0 fully saturated rings. The molecule has 0 heterocycles. The van der Waals surface area contributed by atoms with Crippen LogP contribution in [0.4, 0.5) is 0 Å². The van der Waals surface area contributed by atoms with E-state index in [2.05, 4.69) is 26.0 Å². The average molecular weight is 225 g/mol. The summed E-state index contributed by atoms with van der Waals surface area (Å²) in [5, 5.41) is 0.448. The van der Waals surface area contributed by atoms with Gasteiger partial charge in [-0.15, -0.1) is 11.8 Å². The Morgan fingerprint density at radius 2 is 1.93 bits per heavy atom. The van der Waals surface area contributed by atoms with Gasteiger partial charge in [0.05, 0.1) is 7.11 Å². The van der Waals surface area contributed by atoms with Gasteiger partial charge in [0.25, 0.3) is 0 Å². The highest BCUT2D eigenvalue weighted by Crippen LogP contribution is 2.27. The van der Waals surface area contributed by atoms with Crippen molar-refractivity contribution in [2.24, 2.45) is 5.73 Å². The molecule has 2 atom stereocenters. The van der Waals surface area contributed by atoms with Crippen molar-refractivity contribution < 1.29 is 4.74 Å². The summed E-state index contributed by atoms with van der Waals surface area (Å²) in [6.07, 6.45) is 1.02. The normalized spacial score (nSPS) is 14.7. The summed E-state index contributed by atoms with van der Waals surface area (Å²) in [6, 6.07) is 8.36. The van der Waals surface area contributed by atoms with Crippen LogP contribution in [0.5, 0.6) is 5.75 Å². The Bertz CT molecular complexity index is 286. The molecule has 0 aliphatic carbocycles. The second-order valence-electron chi connectivity index (χ2n) is 3.57. The third kappa shape index (κ3) is 3.76. The van der Waals surface area contributed by atoms with Crippen molar-refractivity contribution in [1.82, 2.24) is 0 Å². The van der Waals surface area contributed by atoms with Crippen LogP contribution in [0.2, 0.25) is 0 Å². The minimum absolute atomic E-state index is 0.261. The van der Waals surface area contributed by atoms with Gasteiger partial charge in [0.2, 0.25) is 0 Å². The van der Waals surface area contributed by atoms with Gasteiger partial charge in [-0.1, -0.05) is 13.8 Å². The van der Waals surface area contributed by atoms with E-state index in [0.29, 0.717) is 5.25 Å². The lowest BCUT2D eigenvalue weighted by atomic mass is 10.2. The van der Waals surface area contributed by atoms with Gasteiger partial charge >= 0.3 is 0 Å². The molecule has 1 aromatic carbocycles. The Morgan fingerprint density at radius 1 is 1.33 bits per heavy atom. The number of rotatable bonds is 5. The minimum Gasteiger partial charge on any atom is -0.497 e. The highest BCUT2D eigenvalue weighted by atomic mass is 32.2. The van der Waals surface area contributed by atoms with E-state index in [9.17, 15) is 0 Å². The van der Waals surface area contributed by atoms with E-state index in [0.717, 1.165) is 12.2 Å². The fourth-order valence-electron chi connectivity index (χ4n) is 1.29. The van der Waals surface area contributed by atoms with Crippen LogP contribution < -0.4 is 10.5 Å². The summed E-state index contributed by atoms with van der Waals surface area (Å²) in [6.45, 7) is 4.29. The summed E-state index contributed by atoms with van der Waals surface area (Å²) in [4.78, 5) is 1.24. The average Bonchev–Trinajstić information content (AvgIpc) is 2.29. The molecule has 0 spiro atoms. The van der Waals surface area contributed by atoms with Crippen molar-refractivity contribution >= 4 is 11.8 Å². The van der Waals surface area contributed by atoms with Gasteiger partial charge in [0.1, 0.15) is 5.75 Å². The van der Waals surface area contributed by atoms with Gasteiger partial charge in [-0.3, -0.25) is 0 Å². The topological polar surface area (TPSA) is 35.2 Å². The summed E-state index contributed by atoms with van der Waals surface area (Å²) in [7, 11) is 1.68. The standard InChI is InChI=1S/C12H19NOS/c1-4-12(13)9(2)15-11-7-5-10(14-3)6-8-11/h5-9,12H,4,13H2,1-3H3. The van der Waals surface area contributed by atoms with Crippen LogP contribution in [0.3, 0.4) is 0 Å². The van der Waals surface area contributed by atoms with Crippen LogP contribution >= 0.6 is 11.8 Å². The monoisotopic (exact) mass is 225 g/mol. The Balaban J connectivity index is 2.57. The van der Waals surface area contributed by atoms with Crippen LogP contribution in [-0.2, 0) is 0 Å². The van der Waals surface area contributed by atoms with Crippen molar-refractivity contribution in [1.29, 1.82) is 0 Å². The van der Waals surface area contributed by atoms with Crippen LogP contribution in [-0.4, -0.2) is 18.4 Å². The first kappa shape index (κ1) is 12.4. The lowest BCUT2D eigenvalue weighted by molar-refractivity contribution is 0.414. The predicted octanol–water partition coefficient (Wildman–Crippen LogP) is 2.91. The molecule has 2 N–H and O–H groups in total. The number of hydrogen-bond acceptors (Lipinski definition) is 3. The Morgan fingerprint density at radius 3 is 2.40 bits per heavy atom. The third-order valence-corrected chi connectivity index (χ3v) is 3.72. The second-order valence-corrected chi connectivity index (χ2v) is 5.02. The van der Waals surface area contributed by atoms with Crippen LogP contribution in [0.25, 0.3) is 0 Å². The van der Waals surface area contributed by atoms with Crippen molar-refractivity contribution in [2.45, 2.75) is 36.5 Å². The molecular weight excluding hydrogens is 206 g/mol. The summed E-state index contributed by atoms with van der Waals surface area (Å²) in [5.41, 5.74) is 5.97. The van der Waals surface area contributed by atoms with Crippen molar-refractivity contribution in [3.8, 4) is 5.75 Å². The van der Waals surface area contributed by atoms with Crippen LogP contribution in [0.15, 0.2) is 29.2 Å². The number of hydrogen-bond donors (Lipinski definition) is 1. The third-order valence-electron chi connectivity index (χ3n) is 2.46. The molecule has 0 bridgehead atoms. The summed E-state index contributed by atoms with van der Waals surface area (Å²) >= 11 is 1.81. The Labute approximate surface area is 96.2 Å². The van der Waals surface area contributed by atoms with E-state index in [-0.39, 0.29) is 6.04 Å².